The highest BCUT2D eigenvalue weighted by Gasteiger charge is 2.22. The summed E-state index contributed by atoms with van der Waals surface area (Å²) < 4.78 is 0. The van der Waals surface area contributed by atoms with Crippen molar-refractivity contribution in [3.8, 4) is 0 Å². The molecule has 0 aliphatic heterocycles. The Kier molecular flexibility index (Phi) is 3.81. The molecule has 16 heavy (non-hydrogen) atoms. The van der Waals surface area contributed by atoms with E-state index in [0.717, 1.165) is 0 Å². The highest BCUT2D eigenvalue weighted by Crippen LogP contribution is 2.15. The van der Waals surface area contributed by atoms with Gasteiger partial charge < -0.3 is 20.6 Å². The van der Waals surface area contributed by atoms with Crippen LogP contribution in [0.3, 0.4) is 0 Å². The van der Waals surface area contributed by atoms with Crippen LogP contribution in [0.15, 0.2) is 18.3 Å². The molecule has 0 saturated carbocycles. The predicted molar refractivity (Wildman–Crippen MR) is 57.4 cm³/mol. The highest BCUT2D eigenvalue weighted by atomic mass is 16.4. The molecule has 6 heteroatoms. The molecule has 0 unspecified atom stereocenters. The van der Waals surface area contributed by atoms with E-state index in [2.05, 4.69) is 10.3 Å². The summed E-state index contributed by atoms with van der Waals surface area (Å²) >= 11 is 0. The fourth-order valence-corrected chi connectivity index (χ4v) is 1.10. The molecule has 0 bridgehead atoms. The zero-order valence-electron chi connectivity index (χ0n) is 8.84. The van der Waals surface area contributed by atoms with Crippen molar-refractivity contribution in [2.45, 2.75) is 12.5 Å². The second kappa shape index (κ2) is 4.91. The van der Waals surface area contributed by atoms with Crippen molar-refractivity contribution in [1.29, 1.82) is 0 Å². The van der Waals surface area contributed by atoms with Gasteiger partial charge in [0.25, 0.3) is 0 Å². The number of nitrogens with one attached hydrogen (secondary N) is 1. The van der Waals surface area contributed by atoms with Crippen molar-refractivity contribution in [1.82, 2.24) is 4.98 Å². The lowest BCUT2D eigenvalue weighted by atomic mass is 10.1. The zero-order chi connectivity index (χ0) is 12.2. The van der Waals surface area contributed by atoms with Gasteiger partial charge in [-0.05, 0) is 19.1 Å². The van der Waals surface area contributed by atoms with E-state index >= 15 is 0 Å². The number of hydrogen-bond acceptors (Lipinski definition) is 5. The molecule has 1 aromatic rings. The van der Waals surface area contributed by atoms with E-state index in [-0.39, 0.29) is 18.9 Å². The fourth-order valence-electron chi connectivity index (χ4n) is 1.10. The molecule has 1 heterocycles. The molecule has 0 amide bonds. The Bertz CT molecular complexity index is 377. The van der Waals surface area contributed by atoms with Gasteiger partial charge in [-0.3, -0.25) is 0 Å². The molecular formula is C10H14N2O4. The van der Waals surface area contributed by atoms with Crippen LogP contribution in [0.4, 0.5) is 5.69 Å². The molecular weight excluding hydrogens is 212 g/mol. The van der Waals surface area contributed by atoms with Crippen molar-refractivity contribution in [2.75, 3.05) is 18.5 Å². The first-order valence-corrected chi connectivity index (χ1v) is 4.70. The summed E-state index contributed by atoms with van der Waals surface area (Å²) in [4.78, 5) is 14.3. The minimum atomic E-state index is -1.13. The minimum absolute atomic E-state index is 0.0942. The number of anilines is 1. The van der Waals surface area contributed by atoms with Crippen molar-refractivity contribution in [2.24, 2.45) is 0 Å². The van der Waals surface area contributed by atoms with Crippen LogP contribution in [0.1, 0.15) is 17.4 Å². The quantitative estimate of drug-likeness (QED) is 0.560. The lowest BCUT2D eigenvalue weighted by Gasteiger charge is -2.27. The van der Waals surface area contributed by atoms with Gasteiger partial charge in [-0.15, -0.1) is 0 Å². The molecule has 0 radical (unpaired) electrons. The van der Waals surface area contributed by atoms with Gasteiger partial charge in [-0.25, -0.2) is 9.78 Å². The number of hydrogen-bond donors (Lipinski definition) is 4. The van der Waals surface area contributed by atoms with Gasteiger partial charge in [0.05, 0.1) is 18.8 Å². The van der Waals surface area contributed by atoms with E-state index in [1.807, 2.05) is 0 Å². The number of aromatic carboxylic acids is 1. The summed E-state index contributed by atoms with van der Waals surface area (Å²) in [5.74, 6) is -1.13. The van der Waals surface area contributed by atoms with Crippen molar-refractivity contribution < 1.29 is 20.1 Å². The Morgan fingerprint density at radius 1 is 1.50 bits per heavy atom. The molecule has 0 fully saturated rings. The van der Waals surface area contributed by atoms with Gasteiger partial charge in [0, 0.05) is 11.9 Å². The van der Waals surface area contributed by atoms with E-state index in [9.17, 15) is 4.79 Å². The van der Waals surface area contributed by atoms with Crippen LogP contribution in [0.5, 0.6) is 0 Å². The third kappa shape index (κ3) is 2.91. The number of aliphatic hydroxyl groups is 2. The maximum Gasteiger partial charge on any atom is 0.354 e. The molecule has 0 aliphatic rings. The average Bonchev–Trinajstić information content (AvgIpc) is 2.29. The number of nitrogens with zero attached hydrogens (tertiary/aromatic N) is 1. The average molecular weight is 226 g/mol. The van der Waals surface area contributed by atoms with Crippen LogP contribution in [0.2, 0.25) is 0 Å². The highest BCUT2D eigenvalue weighted by molar-refractivity contribution is 5.86. The van der Waals surface area contributed by atoms with Crippen LogP contribution < -0.4 is 5.32 Å². The SMILES string of the molecule is CC(CO)(CO)Nc1ccnc(C(=O)O)c1. The molecule has 0 saturated heterocycles. The topological polar surface area (TPSA) is 103 Å². The summed E-state index contributed by atoms with van der Waals surface area (Å²) in [6.07, 6.45) is 1.35. The van der Waals surface area contributed by atoms with Crippen LogP contribution >= 0.6 is 0 Å². The predicted octanol–water partition coefficient (Wildman–Crippen LogP) is -0.0650. The standard InChI is InChI=1S/C10H14N2O4/c1-10(5-13,6-14)12-7-2-3-11-8(4-7)9(15)16/h2-4,13-14H,5-6H2,1H3,(H,11,12)(H,15,16). The molecule has 88 valence electrons. The van der Waals surface area contributed by atoms with Crippen molar-refractivity contribution in [3.63, 3.8) is 0 Å². The number of carboxylic acid groups (broad SMARTS) is 1. The number of carboxylic acids is 1. The van der Waals surface area contributed by atoms with Crippen LogP contribution in [-0.2, 0) is 0 Å². The molecule has 1 rings (SSSR count). The van der Waals surface area contributed by atoms with Crippen molar-refractivity contribution in [3.05, 3.63) is 24.0 Å². The number of aromatic nitrogens is 1. The third-order valence-corrected chi connectivity index (χ3v) is 2.12. The van der Waals surface area contributed by atoms with E-state index in [4.69, 9.17) is 15.3 Å². The van der Waals surface area contributed by atoms with Gasteiger partial charge in [0.15, 0.2) is 0 Å². The fraction of sp³-hybridized carbons (Fsp3) is 0.400. The van der Waals surface area contributed by atoms with Crippen LogP contribution in [0, 0.1) is 0 Å². The summed E-state index contributed by atoms with van der Waals surface area (Å²) in [6, 6.07) is 2.90. The summed E-state index contributed by atoms with van der Waals surface area (Å²) in [6.45, 7) is 1.08. The van der Waals surface area contributed by atoms with E-state index in [0.29, 0.717) is 5.69 Å². The molecule has 0 spiro atoms. The Hall–Kier alpha value is -1.66. The van der Waals surface area contributed by atoms with Gasteiger partial charge in [-0.2, -0.15) is 0 Å². The summed E-state index contributed by atoms with van der Waals surface area (Å²) in [5.41, 5.74) is -0.502. The van der Waals surface area contributed by atoms with Gasteiger partial charge in [0.1, 0.15) is 5.69 Å². The second-order valence-corrected chi connectivity index (χ2v) is 3.74. The maximum absolute atomic E-state index is 10.7. The number of rotatable bonds is 5. The van der Waals surface area contributed by atoms with Crippen LogP contribution in [0.25, 0.3) is 0 Å². The van der Waals surface area contributed by atoms with E-state index < -0.39 is 11.5 Å². The monoisotopic (exact) mass is 226 g/mol. The van der Waals surface area contributed by atoms with E-state index in [1.54, 1.807) is 13.0 Å². The smallest absolute Gasteiger partial charge is 0.354 e. The Labute approximate surface area is 92.6 Å². The minimum Gasteiger partial charge on any atom is -0.477 e. The van der Waals surface area contributed by atoms with Crippen LogP contribution in [-0.4, -0.2) is 45.0 Å². The molecule has 1 aromatic heterocycles. The Morgan fingerprint density at radius 2 is 2.12 bits per heavy atom. The van der Waals surface area contributed by atoms with E-state index in [1.165, 1.54) is 12.3 Å². The van der Waals surface area contributed by atoms with Gasteiger partial charge >= 0.3 is 5.97 Å². The Morgan fingerprint density at radius 3 is 2.62 bits per heavy atom. The molecule has 0 atom stereocenters. The summed E-state index contributed by atoms with van der Waals surface area (Å²) in [5, 5.41) is 29.7. The molecule has 0 aromatic carbocycles. The third-order valence-electron chi connectivity index (χ3n) is 2.12. The maximum atomic E-state index is 10.7. The zero-order valence-corrected chi connectivity index (χ0v) is 8.84. The normalized spacial score (nSPS) is 11.2. The van der Waals surface area contributed by atoms with Gasteiger partial charge in [0.2, 0.25) is 0 Å². The molecule has 4 N–H and O–H groups in total. The number of carbonyl (C=O) groups is 1. The molecule has 0 aliphatic carbocycles. The first-order valence-electron chi connectivity index (χ1n) is 4.70. The second-order valence-electron chi connectivity index (χ2n) is 3.74. The number of aliphatic hydroxyl groups excluding tert-OH is 2. The summed E-state index contributed by atoms with van der Waals surface area (Å²) in [7, 11) is 0. The lowest BCUT2D eigenvalue weighted by molar-refractivity contribution is 0.0690. The lowest BCUT2D eigenvalue weighted by Crippen LogP contribution is -2.42. The van der Waals surface area contributed by atoms with Gasteiger partial charge in [-0.1, -0.05) is 0 Å². The molecule has 6 nitrogen and oxygen atoms in total. The first-order chi connectivity index (χ1) is 7.50. The largest absolute Gasteiger partial charge is 0.477 e. The first kappa shape index (κ1) is 12.4. The van der Waals surface area contributed by atoms with Crippen molar-refractivity contribution >= 4 is 11.7 Å². The Balaban J connectivity index is 2.89. The number of pyridine rings is 1.